The Kier molecular flexibility index (Phi) is 7.71. The average Bonchev–Trinajstić information content (AvgIpc) is 3.13. The molecule has 226 valence electrons. The maximum Gasteiger partial charge on any atom is 0.417 e. The van der Waals surface area contributed by atoms with Crippen LogP contribution in [0.4, 0.5) is 33.7 Å². The second kappa shape index (κ2) is 11.2. The number of benzene rings is 2. The maximum atomic E-state index is 15.3. The van der Waals surface area contributed by atoms with Gasteiger partial charge in [-0.05, 0) is 32.0 Å². The van der Waals surface area contributed by atoms with E-state index >= 15 is 4.39 Å². The number of hydrogen-bond acceptors (Lipinski definition) is 8. The number of rotatable bonds is 4. The molecule has 6 rings (SSSR count). The number of aromatic nitrogens is 4. The summed E-state index contributed by atoms with van der Waals surface area (Å²) in [5, 5.41) is 6.06. The van der Waals surface area contributed by atoms with Crippen LogP contribution < -0.4 is 21.2 Å². The van der Waals surface area contributed by atoms with E-state index in [0.717, 1.165) is 23.9 Å². The average molecular weight is 638 g/mol. The van der Waals surface area contributed by atoms with Crippen molar-refractivity contribution in [3.8, 4) is 11.1 Å². The summed E-state index contributed by atoms with van der Waals surface area (Å²) < 4.78 is 75.4. The van der Waals surface area contributed by atoms with Crippen LogP contribution in [0.15, 0.2) is 46.3 Å². The Hall–Kier alpha value is -3.49. The minimum absolute atomic E-state index is 0.0154. The van der Waals surface area contributed by atoms with Crippen LogP contribution in [-0.4, -0.2) is 56.5 Å². The zero-order chi connectivity index (χ0) is 30.6. The van der Waals surface area contributed by atoms with Crippen molar-refractivity contribution in [1.82, 2.24) is 24.8 Å². The Morgan fingerprint density at radius 3 is 2.42 bits per heavy atom. The highest BCUT2D eigenvalue weighted by molar-refractivity contribution is 7.99. The number of nitrogens with one attached hydrogen (secondary N) is 2. The topological polar surface area (TPSA) is 88.0 Å². The van der Waals surface area contributed by atoms with Gasteiger partial charge in [0.25, 0.3) is 0 Å². The third-order valence-electron chi connectivity index (χ3n) is 7.37. The minimum Gasteiger partial charge on any atom is -0.353 e. The molecule has 43 heavy (non-hydrogen) atoms. The Morgan fingerprint density at radius 2 is 1.74 bits per heavy atom. The van der Waals surface area contributed by atoms with Gasteiger partial charge in [0.2, 0.25) is 5.95 Å². The second-order valence-electron chi connectivity index (χ2n) is 10.7. The van der Waals surface area contributed by atoms with Gasteiger partial charge in [0.05, 0.1) is 22.1 Å². The Balaban J connectivity index is 1.66. The number of hydrogen-bond donors (Lipinski definition) is 2. The molecule has 3 atom stereocenters. The van der Waals surface area contributed by atoms with Crippen molar-refractivity contribution in [3.05, 3.63) is 69.4 Å². The number of anilines is 2. The van der Waals surface area contributed by atoms with Crippen LogP contribution in [-0.2, 0) is 12.7 Å². The number of halogens is 6. The molecule has 2 aliphatic rings. The van der Waals surface area contributed by atoms with Gasteiger partial charge < -0.3 is 15.5 Å². The van der Waals surface area contributed by atoms with E-state index in [2.05, 4.69) is 25.6 Å². The molecular formula is C28H25ClF5N7OS. The fourth-order valence-corrected chi connectivity index (χ4v) is 7.19. The molecule has 1 saturated heterocycles. The molecule has 2 aromatic carbocycles. The van der Waals surface area contributed by atoms with Crippen molar-refractivity contribution in [2.75, 3.05) is 29.1 Å². The van der Waals surface area contributed by atoms with E-state index in [1.165, 1.54) is 17.0 Å². The van der Waals surface area contributed by atoms with Crippen molar-refractivity contribution >= 4 is 46.0 Å². The minimum atomic E-state index is -4.95. The highest BCUT2D eigenvalue weighted by atomic mass is 35.5. The summed E-state index contributed by atoms with van der Waals surface area (Å²) in [5.74, 6) is -1.77. The third-order valence-corrected chi connectivity index (χ3v) is 8.92. The van der Waals surface area contributed by atoms with E-state index in [9.17, 15) is 22.4 Å². The second-order valence-corrected chi connectivity index (χ2v) is 12.1. The van der Waals surface area contributed by atoms with E-state index in [0.29, 0.717) is 19.2 Å². The summed E-state index contributed by atoms with van der Waals surface area (Å²) in [6, 6.07) is 3.29. The lowest BCUT2D eigenvalue weighted by atomic mass is 9.95. The molecule has 8 nitrogen and oxygen atoms in total. The van der Waals surface area contributed by atoms with E-state index in [1.54, 1.807) is 11.0 Å². The first-order valence-electron chi connectivity index (χ1n) is 13.4. The molecule has 2 N–H and O–H groups in total. The third kappa shape index (κ3) is 5.63. The number of piperazine rings is 1. The summed E-state index contributed by atoms with van der Waals surface area (Å²) in [7, 11) is 0. The van der Waals surface area contributed by atoms with Crippen molar-refractivity contribution in [2.24, 2.45) is 0 Å². The lowest BCUT2D eigenvalue weighted by molar-refractivity contribution is -0.137. The molecule has 0 aliphatic carbocycles. The van der Waals surface area contributed by atoms with Crippen molar-refractivity contribution in [3.63, 3.8) is 0 Å². The molecule has 1 fully saturated rings. The maximum absolute atomic E-state index is 15.3. The molecule has 4 aromatic rings. The summed E-state index contributed by atoms with van der Waals surface area (Å²) in [6.45, 7) is 4.69. The van der Waals surface area contributed by atoms with Crippen molar-refractivity contribution in [1.29, 1.82) is 0 Å². The highest BCUT2D eigenvalue weighted by Crippen LogP contribution is 2.49. The van der Waals surface area contributed by atoms with Crippen LogP contribution in [0.5, 0.6) is 0 Å². The molecule has 4 heterocycles. The van der Waals surface area contributed by atoms with E-state index in [-0.39, 0.29) is 51.9 Å². The smallest absolute Gasteiger partial charge is 0.353 e. The normalized spacial score (nSPS) is 20.7. The quantitative estimate of drug-likeness (QED) is 0.222. The van der Waals surface area contributed by atoms with Crippen LogP contribution in [0.25, 0.3) is 22.0 Å². The molecular weight excluding hydrogens is 613 g/mol. The van der Waals surface area contributed by atoms with Gasteiger partial charge in [-0.2, -0.15) is 18.2 Å². The van der Waals surface area contributed by atoms with Gasteiger partial charge in [-0.3, -0.25) is 4.57 Å². The van der Waals surface area contributed by atoms with Gasteiger partial charge in [0.15, 0.2) is 0 Å². The first-order chi connectivity index (χ1) is 20.4. The Morgan fingerprint density at radius 1 is 1.05 bits per heavy atom. The number of thioether (sulfide) groups is 1. The predicted octanol–water partition coefficient (Wildman–Crippen LogP) is 5.58. The van der Waals surface area contributed by atoms with Gasteiger partial charge in [-0.1, -0.05) is 11.6 Å². The number of nitrogens with zero attached hydrogens (tertiary/aromatic N) is 5. The Bertz CT molecular complexity index is 1760. The predicted molar refractivity (Wildman–Crippen MR) is 156 cm³/mol. The first-order valence-corrected chi connectivity index (χ1v) is 14.8. The fraction of sp³-hybridized carbons (Fsp3) is 0.357. The molecule has 0 radical (unpaired) electrons. The molecule has 0 amide bonds. The number of alkyl halides is 3. The lowest BCUT2D eigenvalue weighted by Crippen LogP contribution is -2.55. The summed E-state index contributed by atoms with van der Waals surface area (Å²) in [6.07, 6.45) is -1.89. The van der Waals surface area contributed by atoms with Crippen molar-refractivity contribution < 1.29 is 22.0 Å². The zero-order valence-corrected chi connectivity index (χ0v) is 24.4. The summed E-state index contributed by atoms with van der Waals surface area (Å²) in [5.41, 5.74) is -2.68. The molecule has 2 aromatic heterocycles. The first kappa shape index (κ1) is 29.6. The van der Waals surface area contributed by atoms with E-state index in [1.807, 2.05) is 13.8 Å². The standard InChI is InChI=1S/C28H25ClF5N7OS/c1-13-9-40(10-14(2)37-13)25-17-6-18(28(32,33)34)22(16-7-19(29)21(31)8-20(16)30)24-23(17)41(27(42)39-25)11-15(12-43-24)38-26-35-4-3-5-36-26/h3-8,13-15,37H,9-12H2,1-2H3,(H,35,36,38)/t13-,14+,15?. The molecule has 15 heteroatoms. The molecule has 0 spiro atoms. The zero-order valence-electron chi connectivity index (χ0n) is 22.8. The van der Waals surface area contributed by atoms with E-state index < -0.39 is 51.3 Å². The van der Waals surface area contributed by atoms with Crippen LogP contribution in [0.1, 0.15) is 19.4 Å². The molecule has 1 unspecified atom stereocenters. The van der Waals surface area contributed by atoms with Crippen LogP contribution in [0.3, 0.4) is 0 Å². The van der Waals surface area contributed by atoms with Crippen LogP contribution in [0.2, 0.25) is 5.02 Å². The van der Waals surface area contributed by atoms with Gasteiger partial charge in [-0.15, -0.1) is 11.8 Å². The van der Waals surface area contributed by atoms with Gasteiger partial charge >= 0.3 is 11.9 Å². The lowest BCUT2D eigenvalue weighted by Gasteiger charge is -2.37. The summed E-state index contributed by atoms with van der Waals surface area (Å²) >= 11 is 6.98. The summed E-state index contributed by atoms with van der Waals surface area (Å²) in [4.78, 5) is 28.1. The molecule has 2 aliphatic heterocycles. The molecule has 0 bridgehead atoms. The highest BCUT2D eigenvalue weighted by Gasteiger charge is 2.39. The van der Waals surface area contributed by atoms with E-state index in [4.69, 9.17) is 11.6 Å². The monoisotopic (exact) mass is 637 g/mol. The van der Waals surface area contributed by atoms with Crippen LogP contribution >= 0.6 is 23.4 Å². The van der Waals surface area contributed by atoms with Gasteiger partial charge in [0.1, 0.15) is 17.5 Å². The van der Waals surface area contributed by atoms with Crippen LogP contribution in [0, 0.1) is 11.6 Å². The largest absolute Gasteiger partial charge is 0.417 e. The Labute approximate surface area is 251 Å². The SMILES string of the molecule is C[C@@H]1CN(c2nc(=O)n3c4c(c(-c5cc(Cl)c(F)cc5F)c(C(F)(F)F)cc24)SCC(Nc2ncccn2)C3)C[C@H](C)N1. The van der Waals surface area contributed by atoms with Crippen molar-refractivity contribution in [2.45, 2.75) is 49.6 Å². The van der Waals surface area contributed by atoms with Gasteiger partial charge in [0, 0.05) is 77.3 Å². The molecule has 0 saturated carbocycles. The fourth-order valence-electron chi connectivity index (χ4n) is 5.75. The van der Waals surface area contributed by atoms with Gasteiger partial charge in [-0.25, -0.2) is 23.5 Å².